The van der Waals surface area contributed by atoms with Crippen molar-refractivity contribution < 1.29 is 4.39 Å². The van der Waals surface area contributed by atoms with E-state index in [9.17, 15) is 4.39 Å². The SMILES string of the molecule is Fc1cnccc1-c1nc2c(nc1-c1cccnc1)CC=C2. The van der Waals surface area contributed by atoms with Crippen molar-refractivity contribution >= 4 is 6.08 Å². The number of fused-ring (bicyclic) bond motifs is 1. The van der Waals surface area contributed by atoms with E-state index < -0.39 is 5.82 Å². The van der Waals surface area contributed by atoms with Gasteiger partial charge in [-0.25, -0.2) is 14.4 Å². The Labute approximate surface area is 126 Å². The van der Waals surface area contributed by atoms with Crippen molar-refractivity contribution in [2.45, 2.75) is 6.42 Å². The van der Waals surface area contributed by atoms with Crippen LogP contribution in [0.2, 0.25) is 0 Å². The minimum absolute atomic E-state index is 0.393. The predicted octanol–water partition coefficient (Wildman–Crippen LogP) is 3.31. The Morgan fingerprint density at radius 3 is 2.68 bits per heavy atom. The number of halogens is 1. The van der Waals surface area contributed by atoms with Crippen molar-refractivity contribution in [2.75, 3.05) is 0 Å². The van der Waals surface area contributed by atoms with Crippen molar-refractivity contribution in [1.29, 1.82) is 0 Å². The van der Waals surface area contributed by atoms with Crippen LogP contribution in [0.4, 0.5) is 4.39 Å². The second-order valence-electron chi connectivity index (χ2n) is 4.96. The van der Waals surface area contributed by atoms with Crippen LogP contribution in [0.25, 0.3) is 28.6 Å². The van der Waals surface area contributed by atoms with Crippen molar-refractivity contribution in [1.82, 2.24) is 19.9 Å². The monoisotopic (exact) mass is 290 g/mol. The predicted molar refractivity (Wildman–Crippen MR) is 81.2 cm³/mol. The quantitative estimate of drug-likeness (QED) is 0.726. The van der Waals surface area contributed by atoms with Gasteiger partial charge in [0.05, 0.1) is 23.3 Å². The third-order valence-corrected chi connectivity index (χ3v) is 3.55. The third kappa shape index (κ3) is 2.07. The number of allylic oxidation sites excluding steroid dienone is 1. The minimum atomic E-state index is -0.413. The summed E-state index contributed by atoms with van der Waals surface area (Å²) < 4.78 is 14.2. The van der Waals surface area contributed by atoms with Crippen LogP contribution in [0, 0.1) is 5.82 Å². The molecule has 0 aliphatic heterocycles. The zero-order valence-corrected chi connectivity index (χ0v) is 11.6. The number of hydrogen-bond donors (Lipinski definition) is 0. The molecule has 3 aromatic heterocycles. The summed E-state index contributed by atoms with van der Waals surface area (Å²) >= 11 is 0. The van der Waals surface area contributed by atoms with Gasteiger partial charge in [-0.1, -0.05) is 6.08 Å². The second-order valence-corrected chi connectivity index (χ2v) is 4.96. The van der Waals surface area contributed by atoms with E-state index in [0.29, 0.717) is 17.0 Å². The molecule has 0 fully saturated rings. The fourth-order valence-corrected chi connectivity index (χ4v) is 2.51. The van der Waals surface area contributed by atoms with Crippen LogP contribution in [-0.4, -0.2) is 19.9 Å². The van der Waals surface area contributed by atoms with Gasteiger partial charge < -0.3 is 0 Å². The standard InChI is InChI=1S/C17H11FN4/c18-13-10-20-8-6-12(13)17-16(11-3-2-7-19-9-11)21-14-4-1-5-15(14)22-17/h1-3,5-10H,4H2. The molecule has 5 heteroatoms. The summed E-state index contributed by atoms with van der Waals surface area (Å²) in [4.78, 5) is 17.2. The van der Waals surface area contributed by atoms with Gasteiger partial charge in [-0.3, -0.25) is 9.97 Å². The molecule has 0 bridgehead atoms. The highest BCUT2D eigenvalue weighted by molar-refractivity contribution is 5.79. The first kappa shape index (κ1) is 12.8. The molecule has 3 aromatic rings. The summed E-state index contributed by atoms with van der Waals surface area (Å²) in [5, 5.41) is 0. The Morgan fingerprint density at radius 2 is 1.86 bits per heavy atom. The molecule has 0 unspecified atom stereocenters. The maximum atomic E-state index is 14.2. The molecule has 0 saturated carbocycles. The molecule has 0 N–H and O–H groups in total. The van der Waals surface area contributed by atoms with Crippen molar-refractivity contribution in [3.8, 4) is 22.5 Å². The number of pyridine rings is 2. The number of hydrogen-bond acceptors (Lipinski definition) is 4. The zero-order chi connectivity index (χ0) is 14.9. The molecule has 1 aliphatic carbocycles. The van der Waals surface area contributed by atoms with Crippen molar-refractivity contribution in [2.24, 2.45) is 0 Å². The van der Waals surface area contributed by atoms with Gasteiger partial charge in [-0.15, -0.1) is 0 Å². The van der Waals surface area contributed by atoms with Gasteiger partial charge in [0, 0.05) is 36.1 Å². The highest BCUT2D eigenvalue weighted by Crippen LogP contribution is 2.32. The lowest BCUT2D eigenvalue weighted by Crippen LogP contribution is -2.01. The number of rotatable bonds is 2. The van der Waals surface area contributed by atoms with Crippen LogP contribution in [0.15, 0.2) is 49.1 Å². The minimum Gasteiger partial charge on any atom is -0.264 e. The van der Waals surface area contributed by atoms with Crippen LogP contribution in [0.5, 0.6) is 0 Å². The molecular formula is C17H11FN4. The van der Waals surface area contributed by atoms with E-state index in [-0.39, 0.29) is 0 Å². The summed E-state index contributed by atoms with van der Waals surface area (Å²) in [6, 6.07) is 5.34. The molecule has 0 spiro atoms. The third-order valence-electron chi connectivity index (χ3n) is 3.55. The largest absolute Gasteiger partial charge is 0.264 e. The molecule has 3 heterocycles. The lowest BCUT2D eigenvalue weighted by molar-refractivity contribution is 0.624. The van der Waals surface area contributed by atoms with E-state index in [1.165, 1.54) is 6.20 Å². The summed E-state index contributed by atoms with van der Waals surface area (Å²) in [7, 11) is 0. The number of aromatic nitrogens is 4. The highest BCUT2D eigenvalue weighted by Gasteiger charge is 2.19. The van der Waals surface area contributed by atoms with Crippen LogP contribution < -0.4 is 0 Å². The van der Waals surface area contributed by atoms with Gasteiger partial charge in [-0.2, -0.15) is 0 Å². The molecule has 1 aliphatic rings. The first-order valence-electron chi connectivity index (χ1n) is 6.90. The summed E-state index contributed by atoms with van der Waals surface area (Å²) in [6.07, 6.45) is 10.8. The van der Waals surface area contributed by atoms with Crippen LogP contribution in [-0.2, 0) is 6.42 Å². The van der Waals surface area contributed by atoms with Crippen molar-refractivity contribution in [3.05, 3.63) is 66.3 Å². The molecule has 22 heavy (non-hydrogen) atoms. The summed E-state index contributed by atoms with van der Waals surface area (Å²) in [5.41, 5.74) is 4.05. The van der Waals surface area contributed by atoms with E-state index in [4.69, 9.17) is 0 Å². The van der Waals surface area contributed by atoms with Crippen LogP contribution in [0.3, 0.4) is 0 Å². The first-order chi connectivity index (χ1) is 10.8. The van der Waals surface area contributed by atoms with Crippen molar-refractivity contribution in [3.63, 3.8) is 0 Å². The van der Waals surface area contributed by atoms with Gasteiger partial charge in [0.25, 0.3) is 0 Å². The number of nitrogens with zero attached hydrogens (tertiary/aromatic N) is 4. The van der Waals surface area contributed by atoms with E-state index in [2.05, 4.69) is 19.9 Å². The zero-order valence-electron chi connectivity index (χ0n) is 11.6. The van der Waals surface area contributed by atoms with Gasteiger partial charge in [0.15, 0.2) is 5.82 Å². The van der Waals surface area contributed by atoms with Gasteiger partial charge in [-0.05, 0) is 24.3 Å². The van der Waals surface area contributed by atoms with E-state index in [1.54, 1.807) is 24.7 Å². The average Bonchev–Trinajstić information content (AvgIpc) is 3.02. The smallest absolute Gasteiger partial charge is 0.150 e. The fraction of sp³-hybridized carbons (Fsp3) is 0.0588. The summed E-state index contributed by atoms with van der Waals surface area (Å²) in [6.45, 7) is 0. The van der Waals surface area contributed by atoms with Gasteiger partial charge in [0.1, 0.15) is 5.69 Å². The van der Waals surface area contributed by atoms with E-state index in [1.807, 2.05) is 24.3 Å². The Kier molecular flexibility index (Phi) is 2.96. The lowest BCUT2D eigenvalue weighted by atomic mass is 10.1. The van der Waals surface area contributed by atoms with E-state index >= 15 is 0 Å². The first-order valence-corrected chi connectivity index (χ1v) is 6.90. The van der Waals surface area contributed by atoms with E-state index in [0.717, 1.165) is 23.4 Å². The van der Waals surface area contributed by atoms with Gasteiger partial charge in [0.2, 0.25) is 0 Å². The fourth-order valence-electron chi connectivity index (χ4n) is 2.51. The molecule has 0 aromatic carbocycles. The topological polar surface area (TPSA) is 51.6 Å². The molecule has 4 rings (SSSR count). The molecule has 0 saturated heterocycles. The maximum Gasteiger partial charge on any atom is 0.150 e. The molecule has 0 radical (unpaired) electrons. The molecule has 0 amide bonds. The Hall–Kier alpha value is -2.95. The second kappa shape index (κ2) is 5.11. The van der Waals surface area contributed by atoms with Crippen LogP contribution >= 0.6 is 0 Å². The average molecular weight is 290 g/mol. The normalized spacial score (nSPS) is 12.4. The highest BCUT2D eigenvalue weighted by atomic mass is 19.1. The molecule has 106 valence electrons. The molecule has 4 nitrogen and oxygen atoms in total. The Bertz CT molecular complexity index is 875. The van der Waals surface area contributed by atoms with Crippen LogP contribution in [0.1, 0.15) is 11.4 Å². The Balaban J connectivity index is 2.00. The summed E-state index contributed by atoms with van der Waals surface area (Å²) in [5.74, 6) is -0.413. The molecule has 0 atom stereocenters. The molecular weight excluding hydrogens is 279 g/mol. The van der Waals surface area contributed by atoms with Gasteiger partial charge >= 0.3 is 0 Å². The lowest BCUT2D eigenvalue weighted by Gasteiger charge is -2.11. The maximum absolute atomic E-state index is 14.2. The Morgan fingerprint density at radius 1 is 0.955 bits per heavy atom.